The molecule has 3 aromatic rings. The summed E-state index contributed by atoms with van der Waals surface area (Å²) in [7, 11) is 3.40. The van der Waals surface area contributed by atoms with Gasteiger partial charge < -0.3 is 9.47 Å². The Hall–Kier alpha value is -2.22. The van der Waals surface area contributed by atoms with E-state index in [1.807, 2.05) is 24.3 Å². The largest absolute Gasteiger partial charge is 0.496 e. The maximum atomic E-state index is 5.40. The molecule has 3 rings (SSSR count). The van der Waals surface area contributed by atoms with Crippen molar-refractivity contribution in [1.29, 1.82) is 0 Å². The number of ether oxygens (including phenoxy) is 2. The fraction of sp³-hybridized carbons (Fsp3) is 0.125. The predicted molar refractivity (Wildman–Crippen MR) is 74.6 cm³/mol. The normalized spacial score (nSPS) is 10.8. The number of benzene rings is 3. The first-order chi connectivity index (χ1) is 8.83. The third-order valence-electron chi connectivity index (χ3n) is 3.24. The lowest BCUT2D eigenvalue weighted by atomic mass is 10.0. The zero-order chi connectivity index (χ0) is 12.5. The zero-order valence-corrected chi connectivity index (χ0v) is 10.4. The molecular formula is C16H14O2. The van der Waals surface area contributed by atoms with Crippen molar-refractivity contribution in [1.82, 2.24) is 0 Å². The Bertz CT molecular complexity index is 653. The van der Waals surface area contributed by atoms with Crippen LogP contribution < -0.4 is 9.47 Å². The van der Waals surface area contributed by atoms with E-state index in [9.17, 15) is 0 Å². The zero-order valence-electron chi connectivity index (χ0n) is 10.4. The Morgan fingerprint density at radius 3 is 1.50 bits per heavy atom. The third-order valence-corrected chi connectivity index (χ3v) is 3.24. The van der Waals surface area contributed by atoms with Gasteiger partial charge in [-0.1, -0.05) is 24.3 Å². The van der Waals surface area contributed by atoms with Crippen molar-refractivity contribution in [3.63, 3.8) is 0 Å². The molecule has 0 saturated carbocycles. The van der Waals surface area contributed by atoms with Gasteiger partial charge in [-0.25, -0.2) is 0 Å². The van der Waals surface area contributed by atoms with E-state index >= 15 is 0 Å². The Morgan fingerprint density at radius 1 is 0.667 bits per heavy atom. The van der Waals surface area contributed by atoms with Crippen LogP contribution >= 0.6 is 0 Å². The summed E-state index contributed by atoms with van der Waals surface area (Å²) >= 11 is 0. The summed E-state index contributed by atoms with van der Waals surface area (Å²) in [6.45, 7) is 0. The predicted octanol–water partition coefficient (Wildman–Crippen LogP) is 4.01. The highest BCUT2D eigenvalue weighted by Gasteiger charge is 2.06. The van der Waals surface area contributed by atoms with Gasteiger partial charge >= 0.3 is 0 Å². The van der Waals surface area contributed by atoms with Gasteiger partial charge in [-0.15, -0.1) is 0 Å². The van der Waals surface area contributed by atoms with E-state index in [1.165, 1.54) is 0 Å². The lowest BCUT2D eigenvalue weighted by molar-refractivity contribution is 0.419. The molecule has 0 aliphatic heterocycles. The van der Waals surface area contributed by atoms with Crippen LogP contribution in [-0.4, -0.2) is 14.2 Å². The highest BCUT2D eigenvalue weighted by molar-refractivity contribution is 6.03. The van der Waals surface area contributed by atoms with E-state index in [1.54, 1.807) is 14.2 Å². The molecule has 0 bridgehead atoms. The molecule has 2 nitrogen and oxygen atoms in total. The van der Waals surface area contributed by atoms with E-state index in [-0.39, 0.29) is 0 Å². The van der Waals surface area contributed by atoms with Crippen LogP contribution in [0.2, 0.25) is 0 Å². The van der Waals surface area contributed by atoms with Crippen molar-refractivity contribution in [2.45, 2.75) is 0 Å². The van der Waals surface area contributed by atoms with Crippen LogP contribution in [0.1, 0.15) is 0 Å². The first-order valence-corrected chi connectivity index (χ1v) is 5.87. The van der Waals surface area contributed by atoms with Gasteiger partial charge in [-0.2, -0.15) is 0 Å². The molecule has 3 aromatic carbocycles. The summed E-state index contributed by atoms with van der Waals surface area (Å²) in [5.74, 6) is 1.80. The van der Waals surface area contributed by atoms with E-state index in [0.29, 0.717) is 0 Å². The molecule has 2 heteroatoms. The Kier molecular flexibility index (Phi) is 2.56. The van der Waals surface area contributed by atoms with Crippen molar-refractivity contribution in [3.05, 3.63) is 48.5 Å². The van der Waals surface area contributed by atoms with Gasteiger partial charge in [0.2, 0.25) is 0 Å². The summed E-state index contributed by atoms with van der Waals surface area (Å²) in [6, 6.07) is 16.4. The first kappa shape index (κ1) is 10.9. The van der Waals surface area contributed by atoms with Crippen LogP contribution in [-0.2, 0) is 0 Å². The molecule has 0 amide bonds. The fourth-order valence-electron chi connectivity index (χ4n) is 2.35. The first-order valence-electron chi connectivity index (χ1n) is 5.87. The second-order valence-corrected chi connectivity index (χ2v) is 4.22. The molecular weight excluding hydrogens is 224 g/mol. The lowest BCUT2D eigenvalue weighted by Gasteiger charge is -2.09. The Morgan fingerprint density at radius 2 is 1.11 bits per heavy atom. The average Bonchev–Trinajstić information content (AvgIpc) is 2.43. The Balaban J connectivity index is 2.43. The molecule has 0 fully saturated rings. The van der Waals surface area contributed by atoms with Crippen molar-refractivity contribution >= 4 is 21.5 Å². The molecule has 0 radical (unpaired) electrons. The maximum absolute atomic E-state index is 5.40. The van der Waals surface area contributed by atoms with Crippen LogP contribution in [0.15, 0.2) is 48.5 Å². The molecule has 0 aromatic heterocycles. The van der Waals surface area contributed by atoms with Crippen molar-refractivity contribution < 1.29 is 9.47 Å². The molecule has 0 aliphatic carbocycles. The standard InChI is InChI=1S/C16H14O2/c1-17-15-7-3-5-11-10-14-12(9-13(11)15)6-4-8-16(14)18-2/h3-10H,1-2H3. The Labute approximate surface area is 106 Å². The molecule has 0 spiro atoms. The monoisotopic (exact) mass is 238 g/mol. The summed E-state index contributed by atoms with van der Waals surface area (Å²) in [5, 5.41) is 4.57. The van der Waals surface area contributed by atoms with E-state index < -0.39 is 0 Å². The molecule has 0 aliphatic rings. The van der Waals surface area contributed by atoms with Crippen LogP contribution in [0.3, 0.4) is 0 Å². The highest BCUT2D eigenvalue weighted by atomic mass is 16.5. The van der Waals surface area contributed by atoms with Crippen molar-refractivity contribution in [2.75, 3.05) is 14.2 Å². The van der Waals surface area contributed by atoms with Gasteiger partial charge in [-0.3, -0.25) is 0 Å². The van der Waals surface area contributed by atoms with Gasteiger partial charge in [0.1, 0.15) is 11.5 Å². The van der Waals surface area contributed by atoms with Crippen LogP contribution in [0, 0.1) is 0 Å². The number of hydrogen-bond donors (Lipinski definition) is 0. The van der Waals surface area contributed by atoms with Gasteiger partial charge in [0, 0.05) is 10.8 Å². The molecule has 0 atom stereocenters. The van der Waals surface area contributed by atoms with Crippen LogP contribution in [0.4, 0.5) is 0 Å². The van der Waals surface area contributed by atoms with Crippen molar-refractivity contribution in [2.24, 2.45) is 0 Å². The fourth-order valence-corrected chi connectivity index (χ4v) is 2.35. The molecule has 0 saturated heterocycles. The maximum Gasteiger partial charge on any atom is 0.126 e. The summed E-state index contributed by atoms with van der Waals surface area (Å²) < 4.78 is 10.8. The van der Waals surface area contributed by atoms with Gasteiger partial charge in [0.05, 0.1) is 14.2 Å². The SMILES string of the molecule is COc1cccc2cc3c(OC)cccc3cc12. The van der Waals surface area contributed by atoms with Crippen LogP contribution in [0.5, 0.6) is 11.5 Å². The van der Waals surface area contributed by atoms with Gasteiger partial charge in [-0.05, 0) is 35.0 Å². The van der Waals surface area contributed by atoms with Gasteiger partial charge in [0.25, 0.3) is 0 Å². The third kappa shape index (κ3) is 1.58. The molecule has 18 heavy (non-hydrogen) atoms. The second-order valence-electron chi connectivity index (χ2n) is 4.22. The molecule has 0 heterocycles. The second kappa shape index (κ2) is 4.22. The van der Waals surface area contributed by atoms with Crippen molar-refractivity contribution in [3.8, 4) is 11.5 Å². The van der Waals surface area contributed by atoms with E-state index in [2.05, 4.69) is 24.3 Å². The summed E-state index contributed by atoms with van der Waals surface area (Å²) in [5.41, 5.74) is 0. The highest BCUT2D eigenvalue weighted by Crippen LogP contribution is 2.33. The topological polar surface area (TPSA) is 18.5 Å². The summed E-state index contributed by atoms with van der Waals surface area (Å²) in [4.78, 5) is 0. The lowest BCUT2D eigenvalue weighted by Crippen LogP contribution is -1.87. The summed E-state index contributed by atoms with van der Waals surface area (Å²) in [6.07, 6.45) is 0. The van der Waals surface area contributed by atoms with E-state index in [4.69, 9.17) is 9.47 Å². The number of rotatable bonds is 2. The quantitative estimate of drug-likeness (QED) is 0.628. The minimum Gasteiger partial charge on any atom is -0.496 e. The van der Waals surface area contributed by atoms with Crippen LogP contribution in [0.25, 0.3) is 21.5 Å². The molecule has 90 valence electrons. The van der Waals surface area contributed by atoms with Gasteiger partial charge in [0.15, 0.2) is 0 Å². The number of fused-ring (bicyclic) bond motifs is 2. The average molecular weight is 238 g/mol. The smallest absolute Gasteiger partial charge is 0.126 e. The number of hydrogen-bond acceptors (Lipinski definition) is 2. The van der Waals surface area contributed by atoms with E-state index in [0.717, 1.165) is 33.0 Å². The molecule has 0 N–H and O–H groups in total. The minimum atomic E-state index is 0.900. The molecule has 0 unspecified atom stereocenters. The minimum absolute atomic E-state index is 0.900. The number of methoxy groups -OCH3 is 2.